The number of carbonyl (C=O) groups excluding carboxylic acids is 2. The molecule has 1 heterocycles. The van der Waals surface area contributed by atoms with Gasteiger partial charge in [-0.05, 0) is 56.3 Å². The second-order valence-corrected chi connectivity index (χ2v) is 6.11. The highest BCUT2D eigenvalue weighted by atomic mass is 19.1. The van der Waals surface area contributed by atoms with Gasteiger partial charge in [0.1, 0.15) is 0 Å². The van der Waals surface area contributed by atoms with E-state index in [-0.39, 0.29) is 5.75 Å². The number of ether oxygens (including phenoxy) is 1. The van der Waals surface area contributed by atoms with Gasteiger partial charge in [0.25, 0.3) is 11.8 Å². The molecular weight excluding hydrogens is 363 g/mol. The standard InChI is InChI=1S/C20H19FN4O3/c1-13-11-14(2)25(24-13)16-9-7-15(8-10-16)20(27)23-22-19(26)12-28-18-6-4-3-5-17(18)21/h3-11H,12H2,1-2H3,(H,22,26)(H,23,27). The monoisotopic (exact) mass is 382 g/mol. The number of aromatic nitrogens is 2. The SMILES string of the molecule is Cc1cc(C)n(-c2ccc(C(=O)NNC(=O)COc3ccccc3F)cc2)n1. The van der Waals surface area contributed by atoms with E-state index in [1.54, 1.807) is 35.0 Å². The minimum atomic E-state index is -0.615. The molecule has 2 N–H and O–H groups in total. The van der Waals surface area contributed by atoms with Crippen LogP contribution < -0.4 is 15.6 Å². The van der Waals surface area contributed by atoms with E-state index in [1.807, 2.05) is 19.9 Å². The van der Waals surface area contributed by atoms with Crippen LogP contribution in [0.2, 0.25) is 0 Å². The molecule has 144 valence electrons. The van der Waals surface area contributed by atoms with Gasteiger partial charge in [0.2, 0.25) is 0 Å². The lowest BCUT2D eigenvalue weighted by molar-refractivity contribution is -0.123. The summed E-state index contributed by atoms with van der Waals surface area (Å²) in [6.45, 7) is 3.42. The lowest BCUT2D eigenvalue weighted by atomic mass is 10.2. The Morgan fingerprint density at radius 2 is 1.79 bits per heavy atom. The molecule has 2 amide bonds. The summed E-state index contributed by atoms with van der Waals surface area (Å²) in [6.07, 6.45) is 0. The molecule has 1 aromatic heterocycles. The number of hydrogen-bond donors (Lipinski definition) is 2. The molecule has 0 aliphatic heterocycles. The van der Waals surface area contributed by atoms with E-state index in [2.05, 4.69) is 16.0 Å². The summed E-state index contributed by atoms with van der Waals surface area (Å²) in [5.41, 5.74) is 7.59. The highest BCUT2D eigenvalue weighted by molar-refractivity contribution is 5.95. The Morgan fingerprint density at radius 1 is 1.07 bits per heavy atom. The minimum absolute atomic E-state index is 0.0382. The molecule has 0 spiro atoms. The maximum absolute atomic E-state index is 13.4. The molecular formula is C20H19FN4O3. The highest BCUT2D eigenvalue weighted by Gasteiger charge is 2.10. The summed E-state index contributed by atoms with van der Waals surface area (Å²) >= 11 is 0. The Hall–Kier alpha value is -3.68. The third-order valence-electron chi connectivity index (χ3n) is 3.89. The first-order chi connectivity index (χ1) is 13.4. The Balaban J connectivity index is 1.52. The van der Waals surface area contributed by atoms with Crippen LogP contribution in [-0.4, -0.2) is 28.2 Å². The number of hydrogen-bond acceptors (Lipinski definition) is 4. The van der Waals surface area contributed by atoms with E-state index in [0.717, 1.165) is 17.1 Å². The molecule has 0 atom stereocenters. The van der Waals surface area contributed by atoms with Crippen molar-refractivity contribution < 1.29 is 18.7 Å². The molecule has 0 saturated heterocycles. The van der Waals surface area contributed by atoms with Gasteiger partial charge < -0.3 is 4.74 Å². The first kappa shape index (κ1) is 19.1. The van der Waals surface area contributed by atoms with Crippen molar-refractivity contribution in [2.24, 2.45) is 0 Å². The summed E-state index contributed by atoms with van der Waals surface area (Å²) in [6, 6.07) is 14.5. The van der Waals surface area contributed by atoms with E-state index < -0.39 is 24.2 Å². The van der Waals surface area contributed by atoms with Crippen LogP contribution >= 0.6 is 0 Å². The summed E-state index contributed by atoms with van der Waals surface area (Å²) in [4.78, 5) is 23.9. The van der Waals surface area contributed by atoms with Gasteiger partial charge >= 0.3 is 0 Å². The summed E-state index contributed by atoms with van der Waals surface area (Å²) < 4.78 is 20.3. The average Bonchev–Trinajstić information content (AvgIpc) is 3.03. The predicted molar refractivity (Wildman–Crippen MR) is 101 cm³/mol. The summed E-state index contributed by atoms with van der Waals surface area (Å²) in [5, 5.41) is 4.38. The van der Waals surface area contributed by atoms with Gasteiger partial charge in [0.05, 0.1) is 11.4 Å². The Bertz CT molecular complexity index is 999. The molecule has 0 radical (unpaired) electrons. The van der Waals surface area contributed by atoms with E-state index in [1.165, 1.54) is 18.2 Å². The molecule has 0 aliphatic carbocycles. The fourth-order valence-electron chi connectivity index (χ4n) is 2.58. The molecule has 3 aromatic rings. The van der Waals surface area contributed by atoms with Gasteiger partial charge in [0.15, 0.2) is 18.2 Å². The number of amides is 2. The van der Waals surface area contributed by atoms with Gasteiger partial charge in [-0.3, -0.25) is 20.4 Å². The highest BCUT2D eigenvalue weighted by Crippen LogP contribution is 2.15. The molecule has 7 nitrogen and oxygen atoms in total. The fourth-order valence-corrected chi connectivity index (χ4v) is 2.58. The first-order valence-electron chi connectivity index (χ1n) is 8.54. The number of nitrogens with zero attached hydrogens (tertiary/aromatic N) is 2. The summed E-state index contributed by atoms with van der Waals surface area (Å²) in [7, 11) is 0. The number of rotatable bonds is 5. The zero-order chi connectivity index (χ0) is 20.1. The van der Waals surface area contributed by atoms with Crippen molar-refractivity contribution in [1.82, 2.24) is 20.6 Å². The van der Waals surface area contributed by atoms with Gasteiger partial charge in [-0.1, -0.05) is 12.1 Å². The number of para-hydroxylation sites is 1. The number of nitrogens with one attached hydrogen (secondary N) is 2. The number of carbonyl (C=O) groups is 2. The molecule has 0 unspecified atom stereocenters. The van der Waals surface area contributed by atoms with Crippen LogP contribution in [0.15, 0.2) is 54.6 Å². The van der Waals surface area contributed by atoms with Crippen LogP contribution in [0.25, 0.3) is 5.69 Å². The largest absolute Gasteiger partial charge is 0.481 e. The maximum Gasteiger partial charge on any atom is 0.276 e. The second-order valence-electron chi connectivity index (χ2n) is 6.11. The van der Waals surface area contributed by atoms with Crippen molar-refractivity contribution in [1.29, 1.82) is 0 Å². The van der Waals surface area contributed by atoms with Crippen molar-refractivity contribution in [2.45, 2.75) is 13.8 Å². The van der Waals surface area contributed by atoms with E-state index in [4.69, 9.17) is 4.74 Å². The van der Waals surface area contributed by atoms with Crippen LogP contribution in [0.5, 0.6) is 5.75 Å². The molecule has 8 heteroatoms. The zero-order valence-corrected chi connectivity index (χ0v) is 15.4. The van der Waals surface area contributed by atoms with Gasteiger partial charge in [-0.2, -0.15) is 5.10 Å². The van der Waals surface area contributed by atoms with Crippen LogP contribution in [0.3, 0.4) is 0 Å². The number of benzene rings is 2. The Morgan fingerprint density at radius 3 is 2.43 bits per heavy atom. The van der Waals surface area contributed by atoms with Crippen LogP contribution in [0, 0.1) is 19.7 Å². The third kappa shape index (κ3) is 4.53. The first-order valence-corrected chi connectivity index (χ1v) is 8.54. The number of hydrazine groups is 1. The third-order valence-corrected chi connectivity index (χ3v) is 3.89. The van der Waals surface area contributed by atoms with Gasteiger partial charge in [-0.15, -0.1) is 0 Å². The second kappa shape index (κ2) is 8.34. The van der Waals surface area contributed by atoms with Gasteiger partial charge in [0, 0.05) is 11.3 Å². The van der Waals surface area contributed by atoms with Crippen molar-refractivity contribution in [3.8, 4) is 11.4 Å². The zero-order valence-electron chi connectivity index (χ0n) is 15.4. The van der Waals surface area contributed by atoms with Crippen molar-refractivity contribution >= 4 is 11.8 Å². The lowest BCUT2D eigenvalue weighted by Gasteiger charge is -2.10. The molecule has 0 saturated carbocycles. The normalized spacial score (nSPS) is 10.4. The van der Waals surface area contributed by atoms with Crippen LogP contribution in [0.4, 0.5) is 4.39 Å². The van der Waals surface area contributed by atoms with Crippen molar-refractivity contribution in [2.75, 3.05) is 6.61 Å². The number of aryl methyl sites for hydroxylation is 2. The van der Waals surface area contributed by atoms with Crippen molar-refractivity contribution in [3.05, 3.63) is 77.4 Å². The molecule has 0 fully saturated rings. The fraction of sp³-hybridized carbons (Fsp3) is 0.150. The summed E-state index contributed by atoms with van der Waals surface area (Å²) in [5.74, 6) is -1.71. The van der Waals surface area contributed by atoms with Gasteiger partial charge in [-0.25, -0.2) is 9.07 Å². The van der Waals surface area contributed by atoms with Crippen LogP contribution in [0.1, 0.15) is 21.7 Å². The van der Waals surface area contributed by atoms with E-state index in [0.29, 0.717) is 5.56 Å². The van der Waals surface area contributed by atoms with E-state index >= 15 is 0 Å². The minimum Gasteiger partial charge on any atom is -0.481 e. The predicted octanol–water partition coefficient (Wildman–Crippen LogP) is 2.47. The molecule has 0 aliphatic rings. The Labute approximate surface area is 161 Å². The topological polar surface area (TPSA) is 85.2 Å². The number of halogens is 1. The lowest BCUT2D eigenvalue weighted by Crippen LogP contribution is -2.43. The molecule has 28 heavy (non-hydrogen) atoms. The average molecular weight is 382 g/mol. The van der Waals surface area contributed by atoms with Crippen LogP contribution in [-0.2, 0) is 4.79 Å². The van der Waals surface area contributed by atoms with E-state index in [9.17, 15) is 14.0 Å². The molecule has 0 bridgehead atoms. The smallest absolute Gasteiger partial charge is 0.276 e. The maximum atomic E-state index is 13.4. The Kier molecular flexibility index (Phi) is 5.69. The quantitative estimate of drug-likeness (QED) is 0.664. The molecule has 3 rings (SSSR count). The van der Waals surface area contributed by atoms with Crippen molar-refractivity contribution in [3.63, 3.8) is 0 Å². The molecule has 2 aromatic carbocycles.